The van der Waals surface area contributed by atoms with Crippen LogP contribution in [-0.2, 0) is 37.3 Å². The van der Waals surface area contributed by atoms with Gasteiger partial charge in [0.05, 0.1) is 0 Å². The van der Waals surface area contributed by atoms with Gasteiger partial charge in [-0.2, -0.15) is 12.1 Å². The van der Waals surface area contributed by atoms with E-state index in [1.165, 1.54) is 22.3 Å². The van der Waals surface area contributed by atoms with Gasteiger partial charge in [0.1, 0.15) is 5.82 Å². The minimum absolute atomic E-state index is 0. The summed E-state index contributed by atoms with van der Waals surface area (Å²) in [7, 11) is 0. The Morgan fingerprint density at radius 3 is 2.02 bits per heavy atom. The van der Waals surface area contributed by atoms with E-state index in [0.29, 0.717) is 11.5 Å². The fraction of sp³-hybridized carbons (Fsp3) is 0.208. The third-order valence-corrected chi connectivity index (χ3v) is 11.6. The van der Waals surface area contributed by atoms with Gasteiger partial charge in [0, 0.05) is 66.8 Å². The van der Waals surface area contributed by atoms with Crippen LogP contribution >= 0.6 is 0 Å². The monoisotopic (exact) mass is 952 g/mol. The van der Waals surface area contributed by atoms with Gasteiger partial charge in [0.25, 0.3) is 0 Å². The van der Waals surface area contributed by atoms with Crippen molar-refractivity contribution in [3.8, 4) is 17.3 Å². The summed E-state index contributed by atoms with van der Waals surface area (Å²) in [5.74, 6) is 2.05. The molecule has 9 rings (SSSR count). The van der Waals surface area contributed by atoms with Gasteiger partial charge in [0.2, 0.25) is 0 Å². The fourth-order valence-electron chi connectivity index (χ4n) is 8.02. The number of pyridine rings is 1. The normalized spacial score (nSPS) is 13.2. The standard InChI is InChI=1S/C53H49N4O.Pt/c1-51(2,3)37-18-14-19-40(30-37)55-35-56(49-31-38(52(4,5)6)24-27-47(49)55)41-20-15-21-42(33-41)58-43-25-26-45-44-22-12-13-23-46(44)57(48(45)34-43)50-32-39(28-29-54-50)53(7,8)36-16-10-9-11-17-36;/h9-32,35H,1-8H3;/q-3;. The molecule has 300 valence electrons. The Balaban J connectivity index is 0.00000484. The van der Waals surface area contributed by atoms with Crippen molar-refractivity contribution >= 4 is 44.6 Å². The zero-order chi connectivity index (χ0) is 40.4. The zero-order valence-corrected chi connectivity index (χ0v) is 37.2. The number of hydrogen-bond donors (Lipinski definition) is 0. The predicted octanol–water partition coefficient (Wildman–Crippen LogP) is 13.9. The molecule has 0 amide bonds. The Hall–Kier alpha value is -5.64. The van der Waals surface area contributed by atoms with Crippen molar-refractivity contribution in [2.75, 3.05) is 9.80 Å². The number of aromatic nitrogens is 2. The summed E-state index contributed by atoms with van der Waals surface area (Å²) in [6.45, 7) is 20.2. The van der Waals surface area contributed by atoms with Crippen molar-refractivity contribution in [3.05, 3.63) is 187 Å². The molecule has 2 aromatic heterocycles. The first-order chi connectivity index (χ1) is 27.8. The van der Waals surface area contributed by atoms with Gasteiger partial charge in [0.15, 0.2) is 0 Å². The summed E-state index contributed by atoms with van der Waals surface area (Å²) in [5.41, 5.74) is 11.0. The van der Waals surface area contributed by atoms with Crippen molar-refractivity contribution in [2.24, 2.45) is 0 Å². The van der Waals surface area contributed by atoms with E-state index in [4.69, 9.17) is 9.72 Å². The van der Waals surface area contributed by atoms with Crippen LogP contribution in [0.25, 0.3) is 27.6 Å². The first kappa shape index (κ1) is 40.2. The maximum Gasteiger partial charge on any atom is 0.135 e. The minimum Gasteiger partial charge on any atom is -0.509 e. The number of hydrogen-bond acceptors (Lipinski definition) is 4. The van der Waals surface area contributed by atoms with E-state index in [1.54, 1.807) is 0 Å². The summed E-state index contributed by atoms with van der Waals surface area (Å²) < 4.78 is 8.84. The smallest absolute Gasteiger partial charge is 0.135 e. The molecule has 3 heterocycles. The average molecular weight is 953 g/mol. The van der Waals surface area contributed by atoms with E-state index >= 15 is 0 Å². The van der Waals surface area contributed by atoms with Crippen LogP contribution < -0.4 is 14.5 Å². The van der Waals surface area contributed by atoms with Gasteiger partial charge in [-0.25, -0.2) is 4.98 Å². The topological polar surface area (TPSA) is 33.5 Å². The van der Waals surface area contributed by atoms with E-state index in [1.807, 2.05) is 24.4 Å². The maximum absolute atomic E-state index is 6.64. The number of nitrogens with zero attached hydrogens (tertiary/aromatic N) is 4. The van der Waals surface area contributed by atoms with Crippen molar-refractivity contribution in [1.82, 2.24) is 9.55 Å². The van der Waals surface area contributed by atoms with Crippen LogP contribution in [-0.4, -0.2) is 9.55 Å². The number of fused-ring (bicyclic) bond motifs is 4. The van der Waals surface area contributed by atoms with Crippen LogP contribution in [0.15, 0.2) is 146 Å². The van der Waals surface area contributed by atoms with E-state index in [0.717, 1.165) is 50.4 Å². The van der Waals surface area contributed by atoms with Gasteiger partial charge in [-0.1, -0.05) is 128 Å². The third-order valence-electron chi connectivity index (χ3n) is 11.6. The Morgan fingerprint density at radius 1 is 0.542 bits per heavy atom. The second kappa shape index (κ2) is 15.2. The summed E-state index contributed by atoms with van der Waals surface area (Å²) in [4.78, 5) is 9.43. The molecule has 0 saturated carbocycles. The number of benzene rings is 6. The molecular formula is C53H49N4OPt-3. The molecule has 0 unspecified atom stereocenters. The third kappa shape index (κ3) is 7.47. The average Bonchev–Trinajstić information content (AvgIpc) is 3.76. The molecule has 59 heavy (non-hydrogen) atoms. The van der Waals surface area contributed by atoms with E-state index in [2.05, 4.69) is 210 Å². The number of rotatable bonds is 7. The SMILES string of the molecule is CC(C)(C)c1cccc(N2[CH-]N(c3[c-]c(Oc4[c-]c5c(cc4)c4ccccc4n5-c4cc(C(C)(C)c5ccccc5)ccn4)ccc3)c3cc(C(C)(C)C)ccc32)c1.[Pt]. The number of anilines is 4. The molecule has 6 aromatic carbocycles. The molecule has 0 aliphatic carbocycles. The van der Waals surface area contributed by atoms with Crippen molar-refractivity contribution in [3.63, 3.8) is 0 Å². The quantitative estimate of drug-likeness (QED) is 0.149. The van der Waals surface area contributed by atoms with Crippen LogP contribution in [0.2, 0.25) is 0 Å². The Bertz CT molecular complexity index is 2810. The molecule has 0 N–H and O–H groups in total. The summed E-state index contributed by atoms with van der Waals surface area (Å²) in [6, 6.07) is 56.6. The maximum atomic E-state index is 6.64. The predicted molar refractivity (Wildman–Crippen MR) is 240 cm³/mol. The first-order valence-corrected chi connectivity index (χ1v) is 20.1. The second-order valence-corrected chi connectivity index (χ2v) is 17.9. The molecule has 1 aliphatic heterocycles. The van der Waals surface area contributed by atoms with Gasteiger partial charge >= 0.3 is 0 Å². The van der Waals surface area contributed by atoms with Gasteiger partial charge in [-0.3, -0.25) is 0 Å². The summed E-state index contributed by atoms with van der Waals surface area (Å²) >= 11 is 0. The van der Waals surface area contributed by atoms with Crippen molar-refractivity contribution in [1.29, 1.82) is 0 Å². The Kier molecular flexibility index (Phi) is 10.3. The molecule has 5 nitrogen and oxygen atoms in total. The van der Waals surface area contributed by atoms with Crippen molar-refractivity contribution < 1.29 is 25.8 Å². The van der Waals surface area contributed by atoms with E-state index in [9.17, 15) is 0 Å². The molecule has 0 bridgehead atoms. The Morgan fingerprint density at radius 2 is 1.24 bits per heavy atom. The van der Waals surface area contributed by atoms with E-state index < -0.39 is 0 Å². The summed E-state index contributed by atoms with van der Waals surface area (Å²) in [6.07, 6.45) is 1.91. The largest absolute Gasteiger partial charge is 0.509 e. The number of para-hydroxylation sites is 1. The molecule has 0 spiro atoms. The van der Waals surface area contributed by atoms with Crippen molar-refractivity contribution in [2.45, 2.75) is 71.6 Å². The summed E-state index contributed by atoms with van der Waals surface area (Å²) in [5, 5.41) is 2.22. The molecule has 0 saturated heterocycles. The molecule has 0 fully saturated rings. The first-order valence-electron chi connectivity index (χ1n) is 20.1. The molecule has 0 radical (unpaired) electrons. The van der Waals surface area contributed by atoms with Crippen LogP contribution in [0.4, 0.5) is 22.7 Å². The number of ether oxygens (including phenoxy) is 1. The molecule has 6 heteroatoms. The zero-order valence-electron chi connectivity index (χ0n) is 34.9. The molecule has 1 aliphatic rings. The fourth-order valence-corrected chi connectivity index (χ4v) is 8.02. The Labute approximate surface area is 363 Å². The van der Waals surface area contributed by atoms with Gasteiger partial charge in [-0.05, 0) is 80.9 Å². The van der Waals surface area contributed by atoms with Crippen LogP contribution in [0.5, 0.6) is 11.5 Å². The van der Waals surface area contributed by atoms with Gasteiger partial charge in [-0.15, -0.1) is 48.1 Å². The van der Waals surface area contributed by atoms with Gasteiger partial charge < -0.3 is 19.1 Å². The van der Waals surface area contributed by atoms with Crippen LogP contribution in [0, 0.1) is 18.8 Å². The molecule has 0 atom stereocenters. The minimum atomic E-state index is -0.217. The van der Waals surface area contributed by atoms with Crippen LogP contribution in [0.3, 0.4) is 0 Å². The molecular weight excluding hydrogens is 904 g/mol. The van der Waals surface area contributed by atoms with Crippen LogP contribution in [0.1, 0.15) is 77.6 Å². The molecule has 8 aromatic rings. The van der Waals surface area contributed by atoms with E-state index in [-0.39, 0.29) is 37.3 Å². The second-order valence-electron chi connectivity index (χ2n) is 17.9.